The lowest BCUT2D eigenvalue weighted by atomic mass is 9.74. The van der Waals surface area contributed by atoms with Crippen molar-refractivity contribution in [1.29, 1.82) is 0 Å². The molecule has 1 heterocycles. The summed E-state index contributed by atoms with van der Waals surface area (Å²) in [6, 6.07) is 4.04. The van der Waals surface area contributed by atoms with Crippen LogP contribution in [-0.2, 0) is 4.79 Å². The van der Waals surface area contributed by atoms with Crippen molar-refractivity contribution in [1.82, 2.24) is 0 Å². The Kier molecular flexibility index (Phi) is 6.18. The van der Waals surface area contributed by atoms with Crippen LogP contribution < -0.4 is 19.5 Å². The van der Waals surface area contributed by atoms with Crippen molar-refractivity contribution in [3.63, 3.8) is 0 Å². The van der Waals surface area contributed by atoms with Crippen LogP contribution in [0.1, 0.15) is 34.1 Å². The molecule has 0 saturated heterocycles. The number of methoxy groups -OCH3 is 2. The topological polar surface area (TPSA) is 111 Å². The van der Waals surface area contributed by atoms with Crippen LogP contribution >= 0.6 is 34.8 Å². The van der Waals surface area contributed by atoms with Gasteiger partial charge in [-0.05, 0) is 18.6 Å². The number of carboxylic acid groups (broad SMARTS) is 1. The van der Waals surface area contributed by atoms with Gasteiger partial charge in [0.1, 0.15) is 22.1 Å². The van der Waals surface area contributed by atoms with E-state index in [4.69, 9.17) is 49.0 Å². The van der Waals surface area contributed by atoms with Gasteiger partial charge in [-0.3, -0.25) is 9.59 Å². The number of hydrogen-bond acceptors (Lipinski definition) is 7. The van der Waals surface area contributed by atoms with Crippen LogP contribution in [0.4, 0.5) is 5.69 Å². The summed E-state index contributed by atoms with van der Waals surface area (Å²) in [5, 5.41) is 12.5. The van der Waals surface area contributed by atoms with Gasteiger partial charge in [-0.1, -0.05) is 41.7 Å². The monoisotopic (exact) mass is 525 g/mol. The molecule has 0 saturated carbocycles. The van der Waals surface area contributed by atoms with Crippen molar-refractivity contribution in [3.8, 4) is 17.2 Å². The standard InChI is InChI=1S/C23H18Cl3NO7/c1-9-4-10(27-14-6-11(22(30)31)12(24)7-13(14)25)5-17(28)23(9)21(29)18-15(32-2)8-16(33-3)19(26)20(18)34-23/h5-9,27H,4H2,1-3H3,(H,30,31)/t9-,23+/m1/s1. The Balaban J connectivity index is 1.72. The molecule has 0 aromatic heterocycles. The second-order valence-electron chi connectivity index (χ2n) is 7.85. The number of benzene rings is 2. The summed E-state index contributed by atoms with van der Waals surface area (Å²) in [7, 11) is 2.79. The fourth-order valence-corrected chi connectivity index (χ4v) is 4.97. The van der Waals surface area contributed by atoms with Crippen molar-refractivity contribution in [2.24, 2.45) is 5.92 Å². The van der Waals surface area contributed by atoms with Crippen molar-refractivity contribution in [2.45, 2.75) is 18.9 Å². The molecule has 2 atom stereocenters. The minimum absolute atomic E-state index is 0.0203. The lowest BCUT2D eigenvalue weighted by Gasteiger charge is -2.35. The number of anilines is 1. The Morgan fingerprint density at radius 1 is 1.12 bits per heavy atom. The maximum atomic E-state index is 13.5. The van der Waals surface area contributed by atoms with Gasteiger partial charge in [0.2, 0.25) is 17.2 Å². The first-order chi connectivity index (χ1) is 16.0. The molecule has 2 aromatic carbocycles. The van der Waals surface area contributed by atoms with E-state index in [0.29, 0.717) is 5.70 Å². The van der Waals surface area contributed by atoms with Gasteiger partial charge in [0, 0.05) is 23.8 Å². The van der Waals surface area contributed by atoms with Crippen LogP contribution in [0.3, 0.4) is 0 Å². The fourth-order valence-electron chi connectivity index (χ4n) is 4.20. The molecule has 4 rings (SSSR count). The molecule has 1 aliphatic carbocycles. The molecule has 34 heavy (non-hydrogen) atoms. The third-order valence-corrected chi connectivity index (χ3v) is 6.88. The number of allylic oxidation sites excluding steroid dienone is 1. The first kappa shape index (κ1) is 24.2. The number of ether oxygens (including phenoxy) is 3. The summed E-state index contributed by atoms with van der Waals surface area (Å²) in [6.45, 7) is 1.69. The highest BCUT2D eigenvalue weighted by molar-refractivity contribution is 6.38. The van der Waals surface area contributed by atoms with Crippen molar-refractivity contribution in [3.05, 3.63) is 56.2 Å². The predicted molar refractivity (Wildman–Crippen MR) is 126 cm³/mol. The zero-order chi connectivity index (χ0) is 24.9. The molecule has 2 aromatic rings. The fraction of sp³-hybridized carbons (Fsp3) is 0.261. The van der Waals surface area contributed by atoms with E-state index < -0.39 is 29.1 Å². The quantitative estimate of drug-likeness (QED) is 0.506. The van der Waals surface area contributed by atoms with Crippen molar-refractivity contribution < 1.29 is 33.7 Å². The van der Waals surface area contributed by atoms with E-state index in [0.717, 1.165) is 0 Å². The first-order valence-electron chi connectivity index (χ1n) is 9.97. The van der Waals surface area contributed by atoms with Crippen LogP contribution in [0.2, 0.25) is 15.1 Å². The molecule has 0 fully saturated rings. The number of nitrogens with one attached hydrogen (secondary N) is 1. The number of halogens is 3. The number of rotatable bonds is 5. The van der Waals surface area contributed by atoms with Crippen LogP contribution in [0.25, 0.3) is 0 Å². The van der Waals surface area contributed by atoms with Gasteiger partial charge in [0.25, 0.3) is 0 Å². The van der Waals surface area contributed by atoms with Crippen LogP contribution in [0.5, 0.6) is 17.2 Å². The largest absolute Gasteiger partial charge is 0.496 e. The van der Waals surface area contributed by atoms with E-state index in [-0.39, 0.29) is 55.6 Å². The van der Waals surface area contributed by atoms with Crippen LogP contribution in [0.15, 0.2) is 30.0 Å². The smallest absolute Gasteiger partial charge is 0.337 e. The predicted octanol–water partition coefficient (Wildman–Crippen LogP) is 5.28. The van der Waals surface area contributed by atoms with Gasteiger partial charge in [-0.15, -0.1) is 0 Å². The van der Waals surface area contributed by atoms with Crippen molar-refractivity contribution >= 4 is 58.0 Å². The van der Waals surface area contributed by atoms with Gasteiger partial charge in [0.05, 0.1) is 35.5 Å². The summed E-state index contributed by atoms with van der Waals surface area (Å²) in [4.78, 5) is 38.3. The number of carbonyl (C=O) groups is 3. The maximum Gasteiger partial charge on any atom is 0.337 e. The average molecular weight is 527 g/mol. The molecule has 11 heteroatoms. The minimum atomic E-state index is -1.83. The van der Waals surface area contributed by atoms with Crippen LogP contribution in [0, 0.1) is 5.92 Å². The summed E-state index contributed by atoms with van der Waals surface area (Å²) in [6.07, 6.45) is 1.46. The highest BCUT2D eigenvalue weighted by Crippen LogP contribution is 2.53. The molecule has 0 bridgehead atoms. The Morgan fingerprint density at radius 3 is 2.38 bits per heavy atom. The number of carboxylic acids is 1. The van der Waals surface area contributed by atoms with Gasteiger partial charge in [-0.25, -0.2) is 4.79 Å². The average Bonchev–Trinajstić information content (AvgIpc) is 3.09. The number of fused-ring (bicyclic) bond motifs is 1. The molecular weight excluding hydrogens is 509 g/mol. The van der Waals surface area contributed by atoms with E-state index >= 15 is 0 Å². The Labute approximate surface area is 209 Å². The normalized spacial score (nSPS) is 21.1. The third kappa shape index (κ3) is 3.57. The number of hydrogen-bond donors (Lipinski definition) is 2. The first-order valence-corrected chi connectivity index (χ1v) is 11.1. The molecule has 0 unspecified atom stereocenters. The zero-order valence-corrected chi connectivity index (χ0v) is 20.4. The second-order valence-corrected chi connectivity index (χ2v) is 9.04. The molecule has 1 spiro atoms. The summed E-state index contributed by atoms with van der Waals surface area (Å²) in [5.41, 5.74) is -1.23. The minimum Gasteiger partial charge on any atom is -0.496 e. The van der Waals surface area contributed by atoms with Gasteiger partial charge in [0.15, 0.2) is 5.75 Å². The molecular formula is C23H18Cl3NO7. The van der Waals surface area contributed by atoms with E-state index in [1.54, 1.807) is 6.92 Å². The summed E-state index contributed by atoms with van der Waals surface area (Å²) >= 11 is 18.5. The molecule has 2 N–H and O–H groups in total. The zero-order valence-electron chi connectivity index (χ0n) is 18.1. The van der Waals surface area contributed by atoms with E-state index in [2.05, 4.69) is 5.32 Å². The molecule has 2 aliphatic rings. The molecule has 0 amide bonds. The third-order valence-electron chi connectivity index (χ3n) is 5.89. The molecule has 1 aliphatic heterocycles. The number of Topliss-reactive ketones (excluding diaryl/α,β-unsaturated/α-hetero) is 1. The van der Waals surface area contributed by atoms with Gasteiger partial charge >= 0.3 is 5.97 Å². The van der Waals surface area contributed by atoms with E-state index in [9.17, 15) is 19.5 Å². The lowest BCUT2D eigenvalue weighted by molar-refractivity contribution is -0.129. The number of aromatic carboxylic acids is 1. The highest BCUT2D eigenvalue weighted by Gasteiger charge is 2.60. The molecule has 178 valence electrons. The summed E-state index contributed by atoms with van der Waals surface area (Å²) < 4.78 is 16.6. The maximum absolute atomic E-state index is 13.5. The van der Waals surface area contributed by atoms with Crippen LogP contribution in [-0.4, -0.2) is 42.5 Å². The Morgan fingerprint density at radius 2 is 1.79 bits per heavy atom. The highest BCUT2D eigenvalue weighted by atomic mass is 35.5. The van der Waals surface area contributed by atoms with Gasteiger partial charge < -0.3 is 24.6 Å². The van der Waals surface area contributed by atoms with Crippen molar-refractivity contribution in [2.75, 3.05) is 19.5 Å². The van der Waals surface area contributed by atoms with E-state index in [1.165, 1.54) is 38.5 Å². The number of carbonyl (C=O) groups excluding carboxylic acids is 2. The Bertz CT molecular complexity index is 1290. The summed E-state index contributed by atoms with van der Waals surface area (Å²) in [5.74, 6) is -2.56. The number of ketones is 2. The van der Waals surface area contributed by atoms with E-state index in [1.807, 2.05) is 0 Å². The SMILES string of the molecule is COc1cc(OC)c2c(c1Cl)O[C@@]1(C(=O)C=C(Nc3cc(C(=O)O)c(Cl)cc3Cl)C[C@H]1C)C2=O. The molecule has 0 radical (unpaired) electrons. The molecule has 8 nitrogen and oxygen atoms in total. The second kappa shape index (κ2) is 8.69. The van der Waals surface area contributed by atoms with Gasteiger partial charge in [-0.2, -0.15) is 0 Å². The lowest BCUT2D eigenvalue weighted by Crippen LogP contribution is -2.55. The Hall–Kier alpha value is -2.94.